The second kappa shape index (κ2) is 7.33. The minimum Gasteiger partial charge on any atom is -0.506 e. The van der Waals surface area contributed by atoms with E-state index in [4.69, 9.17) is 17.3 Å². The van der Waals surface area contributed by atoms with Gasteiger partial charge >= 0.3 is 0 Å². The number of carbonyl (C=O) groups excluding carboxylic acids is 1. The second-order valence-electron chi connectivity index (χ2n) is 6.38. The molecule has 0 aliphatic rings. The molecule has 1 amide bonds. The fourth-order valence-corrected chi connectivity index (χ4v) is 4.16. The van der Waals surface area contributed by atoms with Gasteiger partial charge in [0.1, 0.15) is 5.75 Å². The number of phenols is 1. The summed E-state index contributed by atoms with van der Waals surface area (Å²) < 4.78 is 29.9. The van der Waals surface area contributed by atoms with Crippen LogP contribution in [0, 0.1) is 0 Å². The molecule has 3 aromatic rings. The number of nitrogens with two attached hydrogens (primary N) is 1. The summed E-state index contributed by atoms with van der Waals surface area (Å²) in [7, 11) is -4.08. The van der Waals surface area contributed by atoms with E-state index in [1.165, 1.54) is 0 Å². The first-order valence-corrected chi connectivity index (χ1v) is 10.3. The fraction of sp³-hybridized carbons (Fsp3) is 0.222. The van der Waals surface area contributed by atoms with Crippen LogP contribution in [0.2, 0.25) is 5.02 Å². The molecule has 0 radical (unpaired) electrons. The van der Waals surface area contributed by atoms with Gasteiger partial charge in [0.05, 0.1) is 38.5 Å². The van der Waals surface area contributed by atoms with Gasteiger partial charge in [-0.25, -0.2) is 13.4 Å². The Hall–Kier alpha value is -2.78. The fourth-order valence-electron chi connectivity index (χ4n) is 2.77. The predicted molar refractivity (Wildman–Crippen MR) is 107 cm³/mol. The predicted octanol–water partition coefficient (Wildman–Crippen LogP) is 3.27. The molecule has 10 heteroatoms. The molecule has 0 bridgehead atoms. The quantitative estimate of drug-likeness (QED) is 0.561. The highest BCUT2D eigenvalue weighted by Gasteiger charge is 2.21. The van der Waals surface area contributed by atoms with Crippen LogP contribution in [-0.4, -0.2) is 29.0 Å². The van der Waals surface area contributed by atoms with Gasteiger partial charge in [-0.3, -0.25) is 9.52 Å². The average molecular weight is 423 g/mol. The number of halogens is 1. The van der Waals surface area contributed by atoms with Gasteiger partial charge in [-0.05, 0) is 43.7 Å². The van der Waals surface area contributed by atoms with E-state index < -0.39 is 21.7 Å². The highest BCUT2D eigenvalue weighted by atomic mass is 35.5. The summed E-state index contributed by atoms with van der Waals surface area (Å²) in [5.41, 5.74) is 6.61. The highest BCUT2D eigenvalue weighted by Crippen LogP contribution is 2.31. The number of primary amides is 1. The van der Waals surface area contributed by atoms with Crippen LogP contribution in [0.3, 0.4) is 0 Å². The lowest BCUT2D eigenvalue weighted by Gasteiger charge is -2.13. The Bertz CT molecular complexity index is 1170. The van der Waals surface area contributed by atoms with E-state index in [9.17, 15) is 18.3 Å². The average Bonchev–Trinajstić information content (AvgIpc) is 3.05. The third-order valence-electron chi connectivity index (χ3n) is 4.51. The van der Waals surface area contributed by atoms with Gasteiger partial charge in [0.15, 0.2) is 0 Å². The second-order valence-corrected chi connectivity index (χ2v) is 8.47. The van der Waals surface area contributed by atoms with Crippen LogP contribution in [0.5, 0.6) is 5.75 Å². The van der Waals surface area contributed by atoms with Crippen molar-refractivity contribution in [2.45, 2.75) is 31.2 Å². The van der Waals surface area contributed by atoms with Crippen molar-refractivity contribution in [2.24, 2.45) is 5.73 Å². The summed E-state index contributed by atoms with van der Waals surface area (Å²) in [6.07, 6.45) is 2.65. The Balaban J connectivity index is 1.98. The molecule has 0 saturated heterocycles. The lowest BCUT2D eigenvalue weighted by Crippen LogP contribution is -2.16. The van der Waals surface area contributed by atoms with Crippen molar-refractivity contribution in [1.82, 2.24) is 9.55 Å². The first-order valence-electron chi connectivity index (χ1n) is 8.45. The van der Waals surface area contributed by atoms with Crippen molar-refractivity contribution in [1.29, 1.82) is 0 Å². The molecule has 0 unspecified atom stereocenters. The maximum Gasteiger partial charge on any atom is 0.261 e. The van der Waals surface area contributed by atoms with Gasteiger partial charge in [0, 0.05) is 6.04 Å². The Morgan fingerprint density at radius 2 is 2.07 bits per heavy atom. The maximum absolute atomic E-state index is 12.7. The van der Waals surface area contributed by atoms with Crippen LogP contribution in [0.25, 0.3) is 11.0 Å². The lowest BCUT2D eigenvalue weighted by molar-refractivity contribution is 0.0997. The van der Waals surface area contributed by atoms with Crippen molar-refractivity contribution in [3.05, 3.63) is 47.2 Å². The topological polar surface area (TPSA) is 127 Å². The van der Waals surface area contributed by atoms with Gasteiger partial charge in [-0.15, -0.1) is 0 Å². The normalized spacial score (nSPS) is 12.8. The Kier molecular flexibility index (Phi) is 5.22. The molecule has 8 nitrogen and oxygen atoms in total. The molecule has 2 aromatic carbocycles. The van der Waals surface area contributed by atoms with Gasteiger partial charge in [-0.1, -0.05) is 18.5 Å². The number of aromatic hydroxyl groups is 1. The molecular weight excluding hydrogens is 404 g/mol. The van der Waals surface area contributed by atoms with Crippen LogP contribution in [0.1, 0.15) is 36.7 Å². The van der Waals surface area contributed by atoms with Gasteiger partial charge in [0.2, 0.25) is 0 Å². The maximum atomic E-state index is 12.7. The zero-order valence-corrected chi connectivity index (χ0v) is 16.8. The minimum atomic E-state index is -4.08. The molecular formula is C18H19ClN4O4S. The summed E-state index contributed by atoms with van der Waals surface area (Å²) in [4.78, 5) is 15.4. The summed E-state index contributed by atoms with van der Waals surface area (Å²) in [5, 5.41) is 9.48. The molecule has 0 saturated carbocycles. The van der Waals surface area contributed by atoms with Crippen molar-refractivity contribution >= 4 is 44.3 Å². The zero-order valence-electron chi connectivity index (χ0n) is 15.2. The Morgan fingerprint density at radius 3 is 2.71 bits per heavy atom. The highest BCUT2D eigenvalue weighted by molar-refractivity contribution is 7.92. The molecule has 0 aliphatic heterocycles. The summed E-state index contributed by atoms with van der Waals surface area (Å²) in [5.74, 6) is -1.56. The van der Waals surface area contributed by atoms with Crippen molar-refractivity contribution in [3.63, 3.8) is 0 Å². The number of sulfonamides is 1. The number of hydrogen-bond acceptors (Lipinski definition) is 5. The van der Waals surface area contributed by atoms with Crippen LogP contribution >= 0.6 is 11.6 Å². The van der Waals surface area contributed by atoms with E-state index in [0.29, 0.717) is 11.2 Å². The third kappa shape index (κ3) is 3.63. The van der Waals surface area contributed by atoms with Gasteiger partial charge in [0.25, 0.3) is 15.9 Å². The first-order chi connectivity index (χ1) is 13.1. The summed E-state index contributed by atoms with van der Waals surface area (Å²) in [6.45, 7) is 4.14. The van der Waals surface area contributed by atoms with Gasteiger partial charge in [-0.2, -0.15) is 0 Å². The minimum absolute atomic E-state index is 0.263. The Labute approximate surface area is 167 Å². The van der Waals surface area contributed by atoms with Crippen LogP contribution < -0.4 is 10.5 Å². The van der Waals surface area contributed by atoms with E-state index >= 15 is 0 Å². The van der Waals surface area contributed by atoms with Crippen molar-refractivity contribution in [2.75, 3.05) is 4.72 Å². The smallest absolute Gasteiger partial charge is 0.261 e. The van der Waals surface area contributed by atoms with E-state index in [1.54, 1.807) is 24.5 Å². The number of benzene rings is 2. The number of carbonyl (C=O) groups is 1. The molecule has 1 atom stereocenters. The number of nitrogens with one attached hydrogen (secondary N) is 1. The van der Waals surface area contributed by atoms with Crippen molar-refractivity contribution < 1.29 is 18.3 Å². The number of imidazole rings is 1. The number of fused-ring (bicyclic) bond motifs is 1. The van der Waals surface area contributed by atoms with E-state index in [0.717, 1.165) is 24.1 Å². The van der Waals surface area contributed by atoms with Crippen molar-refractivity contribution in [3.8, 4) is 5.75 Å². The SMILES string of the molecule is CC[C@@H](C)n1cnc2cc(NS(=O)(=O)c3cc(Cl)c(O)c(C(N)=O)c3)ccc21. The van der Waals surface area contributed by atoms with E-state index in [1.807, 2.05) is 4.57 Å². The number of nitrogens with zero attached hydrogens (tertiary/aromatic N) is 2. The van der Waals surface area contributed by atoms with E-state index in [2.05, 4.69) is 23.6 Å². The number of rotatable bonds is 6. The molecule has 4 N–H and O–H groups in total. The number of aromatic nitrogens is 2. The molecule has 0 spiro atoms. The monoisotopic (exact) mass is 422 g/mol. The third-order valence-corrected chi connectivity index (χ3v) is 6.15. The molecule has 1 aromatic heterocycles. The standard InChI is InChI=1S/C18H19ClN4O4S/c1-3-10(2)23-9-21-15-6-11(4-5-16(15)23)22-28(26,27)12-7-13(18(20)25)17(24)14(19)8-12/h4-10,22,24H,3H2,1-2H3,(H2,20,25)/t10-/m1/s1. The summed E-state index contributed by atoms with van der Waals surface area (Å²) >= 11 is 5.83. The molecule has 28 heavy (non-hydrogen) atoms. The number of amides is 1. The van der Waals surface area contributed by atoms with Crippen LogP contribution in [0.15, 0.2) is 41.6 Å². The largest absolute Gasteiger partial charge is 0.506 e. The van der Waals surface area contributed by atoms with E-state index in [-0.39, 0.29) is 21.5 Å². The van der Waals surface area contributed by atoms with Crippen LogP contribution in [-0.2, 0) is 10.0 Å². The Morgan fingerprint density at radius 1 is 1.36 bits per heavy atom. The van der Waals surface area contributed by atoms with Gasteiger partial charge < -0.3 is 15.4 Å². The molecule has 3 rings (SSSR count). The first kappa shape index (κ1) is 20.0. The number of anilines is 1. The molecule has 148 valence electrons. The molecule has 1 heterocycles. The zero-order chi connectivity index (χ0) is 20.6. The lowest BCUT2D eigenvalue weighted by atomic mass is 10.2. The molecule has 0 fully saturated rings. The molecule has 0 aliphatic carbocycles. The summed E-state index contributed by atoms with van der Waals surface area (Å²) in [6, 6.07) is 7.30. The van der Waals surface area contributed by atoms with Crippen LogP contribution in [0.4, 0.5) is 5.69 Å². The number of hydrogen-bond donors (Lipinski definition) is 3.